The van der Waals surface area contributed by atoms with Crippen molar-refractivity contribution < 1.29 is 4.74 Å². The second kappa shape index (κ2) is 5.50. The molecule has 4 heteroatoms. The van der Waals surface area contributed by atoms with Crippen LogP contribution in [-0.4, -0.2) is 23.4 Å². The van der Waals surface area contributed by atoms with Gasteiger partial charge in [0.1, 0.15) is 5.75 Å². The molecule has 90 valence electrons. The van der Waals surface area contributed by atoms with Crippen LogP contribution in [0.15, 0.2) is 36.7 Å². The van der Waals surface area contributed by atoms with E-state index >= 15 is 0 Å². The van der Waals surface area contributed by atoms with Gasteiger partial charge in [-0.15, -0.1) is 0 Å². The Morgan fingerprint density at radius 3 is 2.71 bits per heavy atom. The van der Waals surface area contributed by atoms with Crippen LogP contribution in [0, 0.1) is 0 Å². The fourth-order valence-corrected chi connectivity index (χ4v) is 1.66. The molecule has 2 aromatic rings. The lowest BCUT2D eigenvalue weighted by Crippen LogP contribution is -2.03. The number of rotatable bonds is 5. The molecule has 0 aliphatic carbocycles. The van der Waals surface area contributed by atoms with E-state index in [1.807, 2.05) is 55.3 Å². The maximum absolute atomic E-state index is 5.40. The molecule has 17 heavy (non-hydrogen) atoms. The second-order valence-electron chi connectivity index (χ2n) is 3.75. The average molecular weight is 231 g/mol. The van der Waals surface area contributed by atoms with E-state index < -0.39 is 0 Å². The van der Waals surface area contributed by atoms with Gasteiger partial charge < -0.3 is 10.1 Å². The predicted octanol–water partition coefficient (Wildman–Crippen LogP) is 1.99. The summed E-state index contributed by atoms with van der Waals surface area (Å²) in [6, 6.07) is 7.92. The third-order valence-corrected chi connectivity index (χ3v) is 2.43. The average Bonchev–Trinajstić information content (AvgIpc) is 2.80. The van der Waals surface area contributed by atoms with E-state index in [4.69, 9.17) is 4.74 Å². The smallest absolute Gasteiger partial charge is 0.119 e. The lowest BCUT2D eigenvalue weighted by atomic mass is 10.3. The van der Waals surface area contributed by atoms with Crippen molar-refractivity contribution in [3.8, 4) is 11.4 Å². The van der Waals surface area contributed by atoms with Gasteiger partial charge in [-0.05, 0) is 38.2 Å². The van der Waals surface area contributed by atoms with Crippen LogP contribution in [0.5, 0.6) is 5.75 Å². The summed E-state index contributed by atoms with van der Waals surface area (Å²) < 4.78 is 7.26. The highest BCUT2D eigenvalue weighted by atomic mass is 16.5. The normalized spacial score (nSPS) is 10.5. The van der Waals surface area contributed by atoms with Gasteiger partial charge in [-0.25, -0.2) is 4.68 Å². The Hall–Kier alpha value is -1.81. The van der Waals surface area contributed by atoms with Crippen molar-refractivity contribution in [2.24, 2.45) is 0 Å². The number of nitrogens with one attached hydrogen (secondary N) is 1. The van der Waals surface area contributed by atoms with Gasteiger partial charge in [-0.3, -0.25) is 0 Å². The molecule has 0 aliphatic heterocycles. The molecule has 1 heterocycles. The number of ether oxygens (including phenoxy) is 1. The van der Waals surface area contributed by atoms with Crippen molar-refractivity contribution in [2.75, 3.05) is 13.7 Å². The number of nitrogens with zero attached hydrogens (tertiary/aromatic N) is 2. The van der Waals surface area contributed by atoms with Gasteiger partial charge >= 0.3 is 0 Å². The van der Waals surface area contributed by atoms with E-state index in [0.29, 0.717) is 6.61 Å². The summed E-state index contributed by atoms with van der Waals surface area (Å²) in [5.74, 6) is 0.888. The maximum Gasteiger partial charge on any atom is 0.119 e. The van der Waals surface area contributed by atoms with Crippen molar-refractivity contribution in [3.05, 3.63) is 42.2 Å². The van der Waals surface area contributed by atoms with Crippen LogP contribution in [0.3, 0.4) is 0 Å². The first kappa shape index (κ1) is 11.7. The Kier molecular flexibility index (Phi) is 3.77. The van der Waals surface area contributed by atoms with E-state index in [-0.39, 0.29) is 0 Å². The summed E-state index contributed by atoms with van der Waals surface area (Å²) in [5, 5.41) is 7.42. The minimum atomic E-state index is 0.688. The molecular formula is C13H17N3O. The highest BCUT2D eigenvalue weighted by Gasteiger charge is 2.00. The molecule has 0 saturated heterocycles. The number of hydrogen-bond acceptors (Lipinski definition) is 3. The first-order valence-electron chi connectivity index (χ1n) is 5.75. The summed E-state index contributed by atoms with van der Waals surface area (Å²) in [4.78, 5) is 0. The van der Waals surface area contributed by atoms with Crippen molar-refractivity contribution in [2.45, 2.75) is 13.5 Å². The molecule has 0 fully saturated rings. The highest BCUT2D eigenvalue weighted by Crippen LogP contribution is 2.15. The number of benzene rings is 1. The zero-order chi connectivity index (χ0) is 12.1. The number of hydrogen-bond donors (Lipinski definition) is 1. The fourth-order valence-electron chi connectivity index (χ4n) is 1.66. The Labute approximate surface area is 101 Å². The number of aromatic nitrogens is 2. The summed E-state index contributed by atoms with van der Waals surface area (Å²) in [6.45, 7) is 3.50. The van der Waals surface area contributed by atoms with Gasteiger partial charge in [0.25, 0.3) is 0 Å². The van der Waals surface area contributed by atoms with E-state index in [0.717, 1.165) is 18.0 Å². The molecule has 1 aromatic carbocycles. The molecule has 0 atom stereocenters. The fraction of sp³-hybridized carbons (Fsp3) is 0.308. The minimum Gasteiger partial charge on any atom is -0.494 e. The molecule has 0 radical (unpaired) electrons. The molecule has 0 bridgehead atoms. The highest BCUT2D eigenvalue weighted by molar-refractivity contribution is 5.37. The summed E-state index contributed by atoms with van der Waals surface area (Å²) >= 11 is 0. The Morgan fingerprint density at radius 2 is 2.06 bits per heavy atom. The van der Waals surface area contributed by atoms with Gasteiger partial charge in [-0.2, -0.15) is 5.10 Å². The largest absolute Gasteiger partial charge is 0.494 e. The maximum atomic E-state index is 5.40. The van der Waals surface area contributed by atoms with Crippen LogP contribution >= 0.6 is 0 Å². The third kappa shape index (κ3) is 2.85. The van der Waals surface area contributed by atoms with Crippen LogP contribution in [0.4, 0.5) is 0 Å². The topological polar surface area (TPSA) is 39.1 Å². The van der Waals surface area contributed by atoms with E-state index in [1.165, 1.54) is 5.56 Å². The molecule has 0 spiro atoms. The SMILES string of the molecule is CCOc1ccc(-n2cc(CNC)cn2)cc1. The Balaban J connectivity index is 2.15. The molecule has 1 N–H and O–H groups in total. The molecule has 4 nitrogen and oxygen atoms in total. The van der Waals surface area contributed by atoms with Gasteiger partial charge in [0.15, 0.2) is 0 Å². The Bertz CT molecular complexity index is 462. The van der Waals surface area contributed by atoms with Gasteiger partial charge in [0, 0.05) is 18.3 Å². The molecule has 0 amide bonds. The lowest BCUT2D eigenvalue weighted by Gasteiger charge is -2.04. The summed E-state index contributed by atoms with van der Waals surface area (Å²) in [6.07, 6.45) is 3.89. The van der Waals surface area contributed by atoms with Crippen LogP contribution in [0.25, 0.3) is 5.69 Å². The molecule has 1 aromatic heterocycles. The summed E-state index contributed by atoms with van der Waals surface area (Å²) in [5.41, 5.74) is 2.21. The third-order valence-electron chi connectivity index (χ3n) is 2.43. The first-order valence-corrected chi connectivity index (χ1v) is 5.75. The van der Waals surface area contributed by atoms with Gasteiger partial charge in [0.2, 0.25) is 0 Å². The lowest BCUT2D eigenvalue weighted by molar-refractivity contribution is 0.340. The standard InChI is InChI=1S/C13H17N3O/c1-3-17-13-6-4-12(5-7-13)16-10-11(8-14-2)9-15-16/h4-7,9-10,14H,3,8H2,1-2H3. The minimum absolute atomic E-state index is 0.688. The quantitative estimate of drug-likeness (QED) is 0.855. The van der Waals surface area contributed by atoms with Crippen LogP contribution in [0.1, 0.15) is 12.5 Å². The molecule has 2 rings (SSSR count). The predicted molar refractivity (Wildman–Crippen MR) is 67.5 cm³/mol. The zero-order valence-corrected chi connectivity index (χ0v) is 10.2. The summed E-state index contributed by atoms with van der Waals surface area (Å²) in [7, 11) is 1.92. The van der Waals surface area contributed by atoms with Crippen molar-refractivity contribution in [3.63, 3.8) is 0 Å². The second-order valence-corrected chi connectivity index (χ2v) is 3.75. The van der Waals surface area contributed by atoms with Crippen LogP contribution in [-0.2, 0) is 6.54 Å². The zero-order valence-electron chi connectivity index (χ0n) is 10.2. The van der Waals surface area contributed by atoms with Crippen LogP contribution < -0.4 is 10.1 Å². The molecule has 0 aliphatic rings. The Morgan fingerprint density at radius 1 is 1.29 bits per heavy atom. The van der Waals surface area contributed by atoms with E-state index in [2.05, 4.69) is 10.4 Å². The monoisotopic (exact) mass is 231 g/mol. The first-order chi connectivity index (χ1) is 8.33. The van der Waals surface area contributed by atoms with Crippen molar-refractivity contribution in [1.82, 2.24) is 15.1 Å². The van der Waals surface area contributed by atoms with Gasteiger partial charge in [-0.1, -0.05) is 0 Å². The van der Waals surface area contributed by atoms with Crippen LogP contribution in [0.2, 0.25) is 0 Å². The van der Waals surface area contributed by atoms with Crippen molar-refractivity contribution in [1.29, 1.82) is 0 Å². The molecule has 0 unspecified atom stereocenters. The molecule has 0 saturated carbocycles. The van der Waals surface area contributed by atoms with E-state index in [9.17, 15) is 0 Å². The van der Waals surface area contributed by atoms with Gasteiger partial charge in [0.05, 0.1) is 18.5 Å². The molecular weight excluding hydrogens is 214 g/mol. The van der Waals surface area contributed by atoms with E-state index in [1.54, 1.807) is 0 Å². The van der Waals surface area contributed by atoms with Crippen molar-refractivity contribution >= 4 is 0 Å².